The van der Waals surface area contributed by atoms with E-state index in [1.54, 1.807) is 12.1 Å². The van der Waals surface area contributed by atoms with Crippen LogP contribution in [0.3, 0.4) is 0 Å². The van der Waals surface area contributed by atoms with Crippen LogP contribution in [0.2, 0.25) is 0 Å². The molecular formula is C28H26N2O5. The summed E-state index contributed by atoms with van der Waals surface area (Å²) in [7, 11) is 0. The molecule has 0 radical (unpaired) electrons. The van der Waals surface area contributed by atoms with Crippen molar-refractivity contribution in [1.29, 1.82) is 0 Å². The second-order valence-corrected chi connectivity index (χ2v) is 8.13. The summed E-state index contributed by atoms with van der Waals surface area (Å²) >= 11 is 0. The normalized spacial score (nSPS) is 12.1. The molecule has 0 aliphatic heterocycles. The molecule has 0 aromatic heterocycles. The van der Waals surface area contributed by atoms with Crippen molar-refractivity contribution in [2.24, 2.45) is 0 Å². The molecule has 1 aliphatic rings. The first-order chi connectivity index (χ1) is 17.0. The Kier molecular flexibility index (Phi) is 7.26. The Balaban J connectivity index is 1.46. The molecule has 1 aliphatic carbocycles. The molecule has 7 nitrogen and oxygen atoms in total. The van der Waals surface area contributed by atoms with E-state index in [0.29, 0.717) is 12.1 Å². The van der Waals surface area contributed by atoms with Gasteiger partial charge in [0.1, 0.15) is 6.61 Å². The highest BCUT2D eigenvalue weighted by atomic mass is 16.5. The predicted molar refractivity (Wildman–Crippen MR) is 134 cm³/mol. The fourth-order valence-electron chi connectivity index (χ4n) is 4.26. The molecule has 0 unspecified atom stereocenters. The Morgan fingerprint density at radius 1 is 0.971 bits per heavy atom. The van der Waals surface area contributed by atoms with E-state index < -0.39 is 18.0 Å². The molecule has 0 fully saturated rings. The molecule has 0 heterocycles. The molecule has 3 aromatic carbocycles. The topological polar surface area (TPSA) is 105 Å². The van der Waals surface area contributed by atoms with Crippen LogP contribution in [0.5, 0.6) is 0 Å². The average Bonchev–Trinajstić information content (AvgIpc) is 3.19. The lowest BCUT2D eigenvalue weighted by Crippen LogP contribution is -2.26. The summed E-state index contributed by atoms with van der Waals surface area (Å²) in [6.45, 7) is 2.17. The fourth-order valence-corrected chi connectivity index (χ4v) is 4.26. The first-order valence-corrected chi connectivity index (χ1v) is 11.4. The third-order valence-electron chi connectivity index (χ3n) is 5.96. The second-order valence-electron chi connectivity index (χ2n) is 8.13. The van der Waals surface area contributed by atoms with E-state index in [1.807, 2.05) is 49.4 Å². The number of fused-ring (bicyclic) bond motifs is 3. The highest BCUT2D eigenvalue weighted by Crippen LogP contribution is 2.44. The molecule has 0 saturated heterocycles. The second kappa shape index (κ2) is 10.7. The SMILES string of the molecule is CCc1ccc(NC(=O)OCC2c3ccccc3-c3ccccc32)c(C(=O)NC/C=C/C(=O)O)c1. The van der Waals surface area contributed by atoms with Gasteiger partial charge in [-0.15, -0.1) is 0 Å². The quantitative estimate of drug-likeness (QED) is 0.403. The van der Waals surface area contributed by atoms with E-state index in [-0.39, 0.29) is 24.6 Å². The number of benzene rings is 3. The average molecular weight is 471 g/mol. The summed E-state index contributed by atoms with van der Waals surface area (Å²) in [6.07, 6.45) is 2.35. The van der Waals surface area contributed by atoms with E-state index in [1.165, 1.54) is 6.08 Å². The molecule has 0 spiro atoms. The lowest BCUT2D eigenvalue weighted by Gasteiger charge is -2.16. The number of carbonyl (C=O) groups excluding carboxylic acids is 2. The van der Waals surface area contributed by atoms with Gasteiger partial charge in [0.05, 0.1) is 11.3 Å². The molecule has 178 valence electrons. The van der Waals surface area contributed by atoms with Gasteiger partial charge in [0, 0.05) is 18.5 Å². The van der Waals surface area contributed by atoms with Crippen LogP contribution >= 0.6 is 0 Å². The lowest BCUT2D eigenvalue weighted by molar-refractivity contribution is -0.131. The molecule has 3 N–H and O–H groups in total. The number of nitrogens with one attached hydrogen (secondary N) is 2. The maximum atomic E-state index is 12.7. The number of hydrogen-bond acceptors (Lipinski definition) is 4. The molecule has 7 heteroatoms. The highest BCUT2D eigenvalue weighted by Gasteiger charge is 2.29. The van der Waals surface area contributed by atoms with E-state index in [4.69, 9.17) is 9.84 Å². The number of rotatable bonds is 8. The number of carboxylic acids is 1. The van der Waals surface area contributed by atoms with Crippen LogP contribution in [0, 0.1) is 0 Å². The summed E-state index contributed by atoms with van der Waals surface area (Å²) < 4.78 is 5.60. The standard InChI is InChI=1S/C28H26N2O5/c1-2-18-13-14-25(23(16-18)27(33)29-15-7-12-26(31)32)30-28(34)35-17-24-21-10-5-3-8-19(21)20-9-4-6-11-22(20)24/h3-14,16,24H,2,15,17H2,1H3,(H,29,33)(H,30,34)(H,31,32)/b12-7+. The Hall–Kier alpha value is -4.39. The molecular weight excluding hydrogens is 444 g/mol. The van der Waals surface area contributed by atoms with Crippen LogP contribution in [0.1, 0.15) is 39.9 Å². The molecule has 0 saturated carbocycles. The molecule has 2 amide bonds. The minimum absolute atomic E-state index is 0.0475. The van der Waals surface area contributed by atoms with Crippen LogP contribution in [-0.2, 0) is 16.0 Å². The third-order valence-corrected chi connectivity index (χ3v) is 5.96. The molecule has 0 atom stereocenters. The number of carboxylic acid groups (broad SMARTS) is 1. The van der Waals surface area contributed by atoms with Crippen LogP contribution in [-0.4, -0.2) is 36.2 Å². The first kappa shape index (κ1) is 23.8. The number of anilines is 1. The number of ether oxygens (including phenoxy) is 1. The minimum atomic E-state index is -1.09. The zero-order valence-corrected chi connectivity index (χ0v) is 19.3. The monoisotopic (exact) mass is 470 g/mol. The summed E-state index contributed by atoms with van der Waals surface area (Å²) in [4.78, 5) is 36.0. The number of hydrogen-bond donors (Lipinski definition) is 3. The third kappa shape index (κ3) is 5.41. The van der Waals surface area contributed by atoms with Gasteiger partial charge in [0.2, 0.25) is 0 Å². The van der Waals surface area contributed by atoms with Crippen molar-refractivity contribution in [2.75, 3.05) is 18.5 Å². The van der Waals surface area contributed by atoms with Gasteiger partial charge in [-0.3, -0.25) is 10.1 Å². The van der Waals surface area contributed by atoms with Gasteiger partial charge >= 0.3 is 12.1 Å². The van der Waals surface area contributed by atoms with Crippen LogP contribution in [0.15, 0.2) is 78.9 Å². The Bertz CT molecular complexity index is 1250. The summed E-state index contributed by atoms with van der Waals surface area (Å²) in [5, 5.41) is 14.0. The molecule has 4 rings (SSSR count). The van der Waals surface area contributed by atoms with Gasteiger partial charge in [0.15, 0.2) is 0 Å². The van der Waals surface area contributed by atoms with Crippen LogP contribution in [0.4, 0.5) is 10.5 Å². The first-order valence-electron chi connectivity index (χ1n) is 11.4. The van der Waals surface area contributed by atoms with E-state index in [9.17, 15) is 14.4 Å². The molecule has 35 heavy (non-hydrogen) atoms. The van der Waals surface area contributed by atoms with Crippen LogP contribution in [0.25, 0.3) is 11.1 Å². The highest BCUT2D eigenvalue weighted by molar-refractivity contribution is 6.03. The summed E-state index contributed by atoms with van der Waals surface area (Å²) in [6, 6.07) is 21.4. The van der Waals surface area contributed by atoms with Gasteiger partial charge in [-0.2, -0.15) is 0 Å². The maximum Gasteiger partial charge on any atom is 0.411 e. The van der Waals surface area contributed by atoms with Gasteiger partial charge in [-0.25, -0.2) is 9.59 Å². The zero-order chi connectivity index (χ0) is 24.8. The van der Waals surface area contributed by atoms with Crippen molar-refractivity contribution in [1.82, 2.24) is 5.32 Å². The van der Waals surface area contributed by atoms with E-state index >= 15 is 0 Å². The van der Waals surface area contributed by atoms with Crippen molar-refractivity contribution < 1.29 is 24.2 Å². The molecule has 3 aromatic rings. The largest absolute Gasteiger partial charge is 0.478 e. The van der Waals surface area contributed by atoms with Crippen molar-refractivity contribution in [3.05, 3.63) is 101 Å². The lowest BCUT2D eigenvalue weighted by atomic mass is 9.98. The fraction of sp³-hybridized carbons (Fsp3) is 0.179. The summed E-state index contributed by atoms with van der Waals surface area (Å²) in [5.41, 5.74) is 6.04. The number of amides is 2. The van der Waals surface area contributed by atoms with Gasteiger partial charge < -0.3 is 15.2 Å². The van der Waals surface area contributed by atoms with Crippen molar-refractivity contribution in [3.63, 3.8) is 0 Å². The van der Waals surface area contributed by atoms with Gasteiger partial charge in [-0.1, -0.05) is 67.6 Å². The number of aryl methyl sites for hydroxylation is 1. The summed E-state index contributed by atoms with van der Waals surface area (Å²) in [5.74, 6) is -1.59. The predicted octanol–water partition coefficient (Wildman–Crippen LogP) is 4.98. The van der Waals surface area contributed by atoms with Crippen molar-refractivity contribution in [2.45, 2.75) is 19.3 Å². The number of carbonyl (C=O) groups is 3. The van der Waals surface area contributed by atoms with E-state index in [2.05, 4.69) is 22.8 Å². The van der Waals surface area contributed by atoms with E-state index in [0.717, 1.165) is 33.9 Å². The van der Waals surface area contributed by atoms with Crippen molar-refractivity contribution >= 4 is 23.7 Å². The van der Waals surface area contributed by atoms with Crippen LogP contribution < -0.4 is 10.6 Å². The Morgan fingerprint density at radius 3 is 2.26 bits per heavy atom. The van der Waals surface area contributed by atoms with Gasteiger partial charge in [-0.05, 0) is 46.4 Å². The Labute approximate surface area is 203 Å². The smallest absolute Gasteiger partial charge is 0.411 e. The minimum Gasteiger partial charge on any atom is -0.478 e. The number of aliphatic carboxylic acids is 1. The zero-order valence-electron chi connectivity index (χ0n) is 19.3. The van der Waals surface area contributed by atoms with Crippen molar-refractivity contribution in [3.8, 4) is 11.1 Å². The van der Waals surface area contributed by atoms with Gasteiger partial charge in [0.25, 0.3) is 5.91 Å². The Morgan fingerprint density at radius 2 is 1.63 bits per heavy atom. The maximum absolute atomic E-state index is 12.7. The molecule has 0 bridgehead atoms.